The first-order valence-electron chi connectivity index (χ1n) is 4.98. The minimum absolute atomic E-state index is 0.387. The second-order valence-electron chi connectivity index (χ2n) is 4.61. The van der Waals surface area contributed by atoms with E-state index in [2.05, 4.69) is 38.7 Å². The van der Waals surface area contributed by atoms with Gasteiger partial charge in [0.1, 0.15) is 0 Å². The van der Waals surface area contributed by atoms with E-state index in [0.717, 1.165) is 5.56 Å². The van der Waals surface area contributed by atoms with E-state index in [-0.39, 0.29) is 6.10 Å². The van der Waals surface area contributed by atoms with Gasteiger partial charge in [0.25, 0.3) is 0 Å². The Balaban J connectivity index is 2.94. The third-order valence-corrected chi connectivity index (χ3v) is 3.88. The van der Waals surface area contributed by atoms with Crippen molar-refractivity contribution in [2.24, 2.45) is 0 Å². The molecule has 0 aromatic carbocycles. The molecule has 0 aliphatic carbocycles. The minimum Gasteiger partial charge on any atom is -0.399 e. The van der Waals surface area contributed by atoms with E-state index in [0.29, 0.717) is 0 Å². The second kappa shape index (κ2) is 4.48. The van der Waals surface area contributed by atoms with Crippen molar-refractivity contribution in [2.45, 2.75) is 39.6 Å². The van der Waals surface area contributed by atoms with Gasteiger partial charge in [-0.2, -0.15) is 5.26 Å². The van der Waals surface area contributed by atoms with Crippen LogP contribution in [0.25, 0.3) is 0 Å². The van der Waals surface area contributed by atoms with Crippen molar-refractivity contribution in [3.05, 3.63) is 21.4 Å². The van der Waals surface area contributed by atoms with Gasteiger partial charge in [-0.15, -0.1) is 11.3 Å². The quantitative estimate of drug-likeness (QED) is 0.752. The normalized spacial score (nSPS) is 13.6. The summed E-state index contributed by atoms with van der Waals surface area (Å²) >= 11 is 1.72. The Morgan fingerprint density at radius 1 is 1.40 bits per heavy atom. The summed E-state index contributed by atoms with van der Waals surface area (Å²) in [5, 5.41) is 9.13. The molecular weight excluding hydrogens is 222 g/mol. The monoisotopic (exact) mass is 239 g/mol. The molecule has 0 N–H and O–H groups in total. The maximum absolute atomic E-state index is 9.13. The molecule has 0 radical (unpaired) electrons. The highest BCUT2D eigenvalue weighted by atomic mass is 32.1. The number of nitriles is 1. The summed E-state index contributed by atoms with van der Waals surface area (Å²) in [4.78, 5) is 2.43. The molecule has 0 amide bonds. The van der Waals surface area contributed by atoms with Gasteiger partial charge in [0, 0.05) is 15.3 Å². The molecule has 0 saturated carbocycles. The first-order valence-corrected chi connectivity index (χ1v) is 9.20. The summed E-state index contributed by atoms with van der Waals surface area (Å²) in [6.07, 6.45) is -0.387. The second-order valence-corrected chi connectivity index (χ2v) is 10.5. The summed E-state index contributed by atoms with van der Waals surface area (Å²) in [6.45, 7) is 10.4. The summed E-state index contributed by atoms with van der Waals surface area (Å²) < 4.78 is 5.85. The number of aryl methyl sites for hydroxylation is 2. The lowest BCUT2D eigenvalue weighted by atomic mass is 10.1. The van der Waals surface area contributed by atoms with Crippen molar-refractivity contribution in [1.82, 2.24) is 0 Å². The number of rotatable bonds is 3. The van der Waals surface area contributed by atoms with Gasteiger partial charge >= 0.3 is 0 Å². The summed E-state index contributed by atoms with van der Waals surface area (Å²) in [7, 11) is -1.66. The van der Waals surface area contributed by atoms with Crippen molar-refractivity contribution < 1.29 is 4.43 Å². The fourth-order valence-corrected chi connectivity index (χ4v) is 3.26. The molecule has 0 fully saturated rings. The van der Waals surface area contributed by atoms with Crippen LogP contribution in [0.5, 0.6) is 0 Å². The number of hydrogen-bond acceptors (Lipinski definition) is 3. The zero-order valence-corrected chi connectivity index (χ0v) is 11.7. The first kappa shape index (κ1) is 12.4. The molecule has 15 heavy (non-hydrogen) atoms. The predicted octanol–water partition coefficient (Wildman–Crippen LogP) is 3.78. The number of hydrogen-bond donors (Lipinski definition) is 0. The topological polar surface area (TPSA) is 33.0 Å². The van der Waals surface area contributed by atoms with Crippen LogP contribution in [0.3, 0.4) is 0 Å². The average molecular weight is 239 g/mol. The molecule has 1 aromatic heterocycles. The molecule has 1 rings (SSSR count). The van der Waals surface area contributed by atoms with Crippen molar-refractivity contribution in [3.63, 3.8) is 0 Å². The molecule has 1 aromatic rings. The summed E-state index contributed by atoms with van der Waals surface area (Å²) in [6, 6.07) is 4.31. The highest BCUT2D eigenvalue weighted by molar-refractivity contribution is 7.12. The van der Waals surface area contributed by atoms with E-state index in [1.807, 2.05) is 6.92 Å². The van der Waals surface area contributed by atoms with Crippen molar-refractivity contribution in [3.8, 4) is 6.07 Å². The summed E-state index contributed by atoms with van der Waals surface area (Å²) in [5.41, 5.74) is 1.04. The van der Waals surface area contributed by atoms with E-state index in [1.54, 1.807) is 11.3 Å². The predicted molar refractivity (Wildman–Crippen MR) is 66.6 cm³/mol. The van der Waals surface area contributed by atoms with Crippen LogP contribution in [0.1, 0.15) is 21.4 Å². The van der Waals surface area contributed by atoms with Gasteiger partial charge in [0.15, 0.2) is 14.4 Å². The SMILES string of the molecule is Cc1cc(C(C#N)O[Si](C)(C)C)c(C)s1. The standard InChI is InChI=1S/C11H17NOSSi/c1-8-6-10(9(2)14-8)11(7-12)13-15(3,4)5/h6,11H,1-5H3. The van der Waals surface area contributed by atoms with Crippen molar-refractivity contribution in [2.75, 3.05) is 0 Å². The van der Waals surface area contributed by atoms with Crippen LogP contribution in [0, 0.1) is 25.2 Å². The van der Waals surface area contributed by atoms with E-state index in [4.69, 9.17) is 9.69 Å². The Hall–Kier alpha value is -0.633. The van der Waals surface area contributed by atoms with E-state index in [1.165, 1.54) is 9.75 Å². The highest BCUT2D eigenvalue weighted by Crippen LogP contribution is 2.30. The molecule has 0 aliphatic rings. The Morgan fingerprint density at radius 3 is 2.33 bits per heavy atom. The third kappa shape index (κ3) is 3.45. The minimum atomic E-state index is -1.66. The largest absolute Gasteiger partial charge is 0.399 e. The van der Waals surface area contributed by atoms with Crippen molar-refractivity contribution in [1.29, 1.82) is 5.26 Å². The fourth-order valence-electron chi connectivity index (χ4n) is 1.42. The van der Waals surface area contributed by atoms with Gasteiger partial charge < -0.3 is 4.43 Å². The maximum Gasteiger partial charge on any atom is 0.186 e. The van der Waals surface area contributed by atoms with Crippen LogP contribution >= 0.6 is 11.3 Å². The smallest absolute Gasteiger partial charge is 0.186 e. The Bertz CT molecular complexity index is 386. The molecule has 82 valence electrons. The van der Waals surface area contributed by atoms with Crippen molar-refractivity contribution >= 4 is 19.7 Å². The van der Waals surface area contributed by atoms with Crippen LogP contribution in [0.15, 0.2) is 6.07 Å². The van der Waals surface area contributed by atoms with Gasteiger partial charge in [0.05, 0.1) is 6.07 Å². The zero-order valence-electron chi connectivity index (χ0n) is 9.92. The van der Waals surface area contributed by atoms with Gasteiger partial charge in [-0.25, -0.2) is 0 Å². The first-order chi connectivity index (χ1) is 6.83. The Kier molecular flexibility index (Phi) is 3.71. The lowest BCUT2D eigenvalue weighted by Crippen LogP contribution is -2.27. The highest BCUT2D eigenvalue weighted by Gasteiger charge is 2.24. The van der Waals surface area contributed by atoms with E-state index >= 15 is 0 Å². The Labute approximate surface area is 96.6 Å². The lowest BCUT2D eigenvalue weighted by molar-refractivity contribution is 0.255. The molecule has 0 aliphatic heterocycles. The molecule has 0 spiro atoms. The Morgan fingerprint density at radius 2 is 2.00 bits per heavy atom. The molecular formula is C11H17NOSSi. The van der Waals surface area contributed by atoms with Gasteiger partial charge in [-0.05, 0) is 39.6 Å². The number of thiophene rings is 1. The fraction of sp³-hybridized carbons (Fsp3) is 0.545. The molecule has 1 unspecified atom stereocenters. The van der Waals surface area contributed by atoms with E-state index in [9.17, 15) is 0 Å². The van der Waals surface area contributed by atoms with Crippen LogP contribution in [-0.4, -0.2) is 8.32 Å². The molecule has 1 atom stereocenters. The van der Waals surface area contributed by atoms with Gasteiger partial charge in [0.2, 0.25) is 0 Å². The number of nitrogens with zero attached hydrogens (tertiary/aromatic N) is 1. The maximum atomic E-state index is 9.13. The lowest BCUT2D eigenvalue weighted by Gasteiger charge is -2.21. The molecule has 2 nitrogen and oxygen atoms in total. The van der Waals surface area contributed by atoms with E-state index < -0.39 is 8.32 Å². The molecule has 4 heteroatoms. The van der Waals surface area contributed by atoms with Gasteiger partial charge in [-0.1, -0.05) is 0 Å². The van der Waals surface area contributed by atoms with Crippen LogP contribution in [0.4, 0.5) is 0 Å². The van der Waals surface area contributed by atoms with Crippen LogP contribution in [-0.2, 0) is 4.43 Å². The average Bonchev–Trinajstić information content (AvgIpc) is 2.39. The molecule has 1 heterocycles. The van der Waals surface area contributed by atoms with Crippen LogP contribution in [0.2, 0.25) is 19.6 Å². The molecule has 0 saturated heterocycles. The van der Waals surface area contributed by atoms with Crippen LogP contribution < -0.4 is 0 Å². The zero-order chi connectivity index (χ0) is 11.6. The summed E-state index contributed by atoms with van der Waals surface area (Å²) in [5.74, 6) is 0. The van der Waals surface area contributed by atoms with Gasteiger partial charge in [-0.3, -0.25) is 0 Å². The molecule has 0 bridgehead atoms. The third-order valence-electron chi connectivity index (χ3n) is 1.95.